The SMILES string of the molecule is CNC(=O)Cc1nc(-c2cc(F)cc(F)c2)cc(-c2ccc3c(c2)OCO3)n1. The number of amides is 1. The average Bonchev–Trinajstić information content (AvgIpc) is 3.14. The highest BCUT2D eigenvalue weighted by Crippen LogP contribution is 2.36. The Labute approximate surface area is 159 Å². The highest BCUT2D eigenvalue weighted by molar-refractivity contribution is 5.78. The lowest BCUT2D eigenvalue weighted by molar-refractivity contribution is -0.120. The van der Waals surface area contributed by atoms with Crippen LogP contribution in [0.25, 0.3) is 22.5 Å². The van der Waals surface area contributed by atoms with Gasteiger partial charge in [-0.2, -0.15) is 0 Å². The number of likely N-dealkylation sites (N-methyl/N-ethyl adjacent to an activating group) is 1. The quantitative estimate of drug-likeness (QED) is 0.750. The molecule has 0 spiro atoms. The molecule has 1 aliphatic heterocycles. The summed E-state index contributed by atoms with van der Waals surface area (Å²) in [5, 5.41) is 2.51. The molecule has 0 aliphatic carbocycles. The first-order chi connectivity index (χ1) is 13.5. The third kappa shape index (κ3) is 3.62. The second-order valence-electron chi connectivity index (χ2n) is 6.13. The van der Waals surface area contributed by atoms with Crippen LogP contribution < -0.4 is 14.8 Å². The van der Waals surface area contributed by atoms with Crippen LogP contribution in [0.5, 0.6) is 11.5 Å². The van der Waals surface area contributed by atoms with E-state index in [4.69, 9.17) is 9.47 Å². The van der Waals surface area contributed by atoms with E-state index in [9.17, 15) is 13.6 Å². The molecule has 4 rings (SSSR count). The molecule has 3 aromatic rings. The lowest BCUT2D eigenvalue weighted by atomic mass is 10.1. The number of aromatic nitrogens is 2. The molecule has 1 amide bonds. The average molecular weight is 383 g/mol. The number of ether oxygens (including phenoxy) is 2. The predicted octanol–water partition coefficient (Wildman–Crippen LogP) is 3.11. The first-order valence-electron chi connectivity index (χ1n) is 8.47. The van der Waals surface area contributed by atoms with Crippen LogP contribution in [0.3, 0.4) is 0 Å². The summed E-state index contributed by atoms with van der Waals surface area (Å²) in [6.07, 6.45) is -0.0698. The standard InChI is InChI=1S/C20H15F2N3O3/c1-23-20(26)9-19-24-15(11-2-3-17-18(6-11)28-10-27-17)8-16(25-19)12-4-13(21)7-14(22)5-12/h2-8H,9-10H2,1H3,(H,23,26). The van der Waals surface area contributed by atoms with Crippen molar-refractivity contribution in [2.75, 3.05) is 13.8 Å². The van der Waals surface area contributed by atoms with Gasteiger partial charge in [0, 0.05) is 24.2 Å². The van der Waals surface area contributed by atoms with Gasteiger partial charge in [-0.05, 0) is 36.4 Å². The van der Waals surface area contributed by atoms with Gasteiger partial charge in [-0.15, -0.1) is 0 Å². The Bertz CT molecular complexity index is 1050. The smallest absolute Gasteiger partial charge is 0.231 e. The van der Waals surface area contributed by atoms with E-state index < -0.39 is 11.6 Å². The van der Waals surface area contributed by atoms with Crippen LogP contribution in [0.2, 0.25) is 0 Å². The van der Waals surface area contributed by atoms with E-state index >= 15 is 0 Å². The van der Waals surface area contributed by atoms with Crippen LogP contribution in [0.4, 0.5) is 8.78 Å². The van der Waals surface area contributed by atoms with E-state index in [1.165, 1.54) is 19.2 Å². The Morgan fingerprint density at radius 3 is 2.36 bits per heavy atom. The number of carbonyl (C=O) groups excluding carboxylic acids is 1. The number of nitrogens with one attached hydrogen (secondary N) is 1. The molecule has 1 aliphatic rings. The van der Waals surface area contributed by atoms with Crippen molar-refractivity contribution in [3.63, 3.8) is 0 Å². The summed E-state index contributed by atoms with van der Waals surface area (Å²) in [6.45, 7) is 0.137. The van der Waals surface area contributed by atoms with Crippen molar-refractivity contribution in [2.24, 2.45) is 0 Å². The zero-order valence-electron chi connectivity index (χ0n) is 14.8. The minimum Gasteiger partial charge on any atom is -0.454 e. The third-order valence-electron chi connectivity index (χ3n) is 4.20. The molecule has 0 bridgehead atoms. The fraction of sp³-hybridized carbons (Fsp3) is 0.150. The van der Waals surface area contributed by atoms with Crippen LogP contribution in [0.15, 0.2) is 42.5 Å². The molecule has 2 aromatic carbocycles. The summed E-state index contributed by atoms with van der Waals surface area (Å²) >= 11 is 0. The maximum atomic E-state index is 13.7. The van der Waals surface area contributed by atoms with E-state index in [0.29, 0.717) is 28.5 Å². The summed E-state index contributed by atoms with van der Waals surface area (Å²) < 4.78 is 38.0. The van der Waals surface area contributed by atoms with Crippen molar-refractivity contribution < 1.29 is 23.0 Å². The zero-order chi connectivity index (χ0) is 19.7. The second kappa shape index (κ2) is 7.22. The van der Waals surface area contributed by atoms with E-state index in [1.54, 1.807) is 24.3 Å². The molecule has 142 valence electrons. The summed E-state index contributed by atoms with van der Waals surface area (Å²) in [5.74, 6) is -0.288. The van der Waals surface area contributed by atoms with Crippen molar-refractivity contribution in [1.29, 1.82) is 0 Å². The molecule has 0 unspecified atom stereocenters. The van der Waals surface area contributed by atoms with E-state index in [-0.39, 0.29) is 30.5 Å². The monoisotopic (exact) mass is 383 g/mol. The molecule has 1 aromatic heterocycles. The molecule has 1 N–H and O–H groups in total. The van der Waals surface area contributed by atoms with Crippen molar-refractivity contribution in [3.8, 4) is 34.0 Å². The number of hydrogen-bond acceptors (Lipinski definition) is 5. The van der Waals surface area contributed by atoms with Crippen molar-refractivity contribution in [1.82, 2.24) is 15.3 Å². The van der Waals surface area contributed by atoms with Crippen LogP contribution >= 0.6 is 0 Å². The normalized spacial score (nSPS) is 12.1. The zero-order valence-corrected chi connectivity index (χ0v) is 14.8. The van der Waals surface area contributed by atoms with Gasteiger partial charge in [0.1, 0.15) is 17.5 Å². The molecule has 0 radical (unpaired) electrons. The van der Waals surface area contributed by atoms with E-state index in [2.05, 4.69) is 15.3 Å². The Morgan fingerprint density at radius 2 is 1.64 bits per heavy atom. The van der Waals surface area contributed by atoms with Crippen molar-refractivity contribution in [3.05, 3.63) is 59.9 Å². The lowest BCUT2D eigenvalue weighted by Gasteiger charge is -2.09. The van der Waals surface area contributed by atoms with Crippen LogP contribution in [-0.2, 0) is 11.2 Å². The minimum atomic E-state index is -0.717. The summed E-state index contributed by atoms with van der Waals surface area (Å²) in [5.41, 5.74) is 1.75. The number of hydrogen-bond donors (Lipinski definition) is 1. The molecule has 0 fully saturated rings. The number of benzene rings is 2. The van der Waals surface area contributed by atoms with E-state index in [0.717, 1.165) is 6.07 Å². The molecule has 2 heterocycles. The molecular weight excluding hydrogens is 368 g/mol. The largest absolute Gasteiger partial charge is 0.454 e. The molecule has 0 atom stereocenters. The molecule has 8 heteroatoms. The Hall–Kier alpha value is -3.55. The fourth-order valence-electron chi connectivity index (χ4n) is 2.86. The van der Waals surface area contributed by atoms with Crippen LogP contribution in [0, 0.1) is 11.6 Å². The van der Waals surface area contributed by atoms with Crippen LogP contribution in [0.1, 0.15) is 5.82 Å². The maximum absolute atomic E-state index is 13.7. The highest BCUT2D eigenvalue weighted by atomic mass is 19.1. The summed E-state index contributed by atoms with van der Waals surface area (Å²) in [6, 6.07) is 10.0. The van der Waals surface area contributed by atoms with Crippen molar-refractivity contribution >= 4 is 5.91 Å². The summed E-state index contributed by atoms with van der Waals surface area (Å²) in [7, 11) is 1.51. The molecular formula is C20H15F2N3O3. The van der Waals surface area contributed by atoms with Gasteiger partial charge in [0.2, 0.25) is 12.7 Å². The second-order valence-corrected chi connectivity index (χ2v) is 6.13. The third-order valence-corrected chi connectivity index (χ3v) is 4.20. The van der Waals surface area contributed by atoms with Gasteiger partial charge in [-0.3, -0.25) is 4.79 Å². The van der Waals surface area contributed by atoms with E-state index in [1.807, 2.05) is 0 Å². The molecule has 0 saturated carbocycles. The van der Waals surface area contributed by atoms with Gasteiger partial charge in [0.25, 0.3) is 0 Å². The molecule has 28 heavy (non-hydrogen) atoms. The van der Waals surface area contributed by atoms with Gasteiger partial charge >= 0.3 is 0 Å². The van der Waals surface area contributed by atoms with Gasteiger partial charge in [0.15, 0.2) is 11.5 Å². The number of nitrogens with zero attached hydrogens (tertiary/aromatic N) is 2. The van der Waals surface area contributed by atoms with Gasteiger partial charge in [0.05, 0.1) is 17.8 Å². The van der Waals surface area contributed by atoms with Crippen molar-refractivity contribution in [2.45, 2.75) is 6.42 Å². The summed E-state index contributed by atoms with van der Waals surface area (Å²) in [4.78, 5) is 20.5. The van der Waals surface area contributed by atoms with Gasteiger partial charge < -0.3 is 14.8 Å². The van der Waals surface area contributed by atoms with Crippen LogP contribution in [-0.4, -0.2) is 29.7 Å². The Morgan fingerprint density at radius 1 is 0.964 bits per heavy atom. The highest BCUT2D eigenvalue weighted by Gasteiger charge is 2.17. The predicted molar refractivity (Wildman–Crippen MR) is 96.7 cm³/mol. The maximum Gasteiger partial charge on any atom is 0.231 e. The van der Waals surface area contributed by atoms with Gasteiger partial charge in [-0.1, -0.05) is 0 Å². The molecule has 0 saturated heterocycles. The molecule has 6 nitrogen and oxygen atoms in total. The Kier molecular flexibility index (Phi) is 4.60. The number of carbonyl (C=O) groups is 1. The van der Waals surface area contributed by atoms with Gasteiger partial charge in [-0.25, -0.2) is 18.7 Å². The fourth-order valence-corrected chi connectivity index (χ4v) is 2.86. The topological polar surface area (TPSA) is 73.3 Å². The first-order valence-corrected chi connectivity index (χ1v) is 8.47. The number of fused-ring (bicyclic) bond motifs is 1. The lowest BCUT2D eigenvalue weighted by Crippen LogP contribution is -2.21. The minimum absolute atomic E-state index is 0.0698. The number of halogens is 2. The first kappa shape index (κ1) is 17.8. The Balaban J connectivity index is 1.83. The number of rotatable bonds is 4.